The summed E-state index contributed by atoms with van der Waals surface area (Å²) in [6, 6.07) is 16.8. The fourth-order valence-electron chi connectivity index (χ4n) is 3.72. The van der Waals surface area contributed by atoms with Crippen molar-refractivity contribution in [3.05, 3.63) is 84.9 Å². The lowest BCUT2D eigenvalue weighted by molar-refractivity contribution is 0.476. The third kappa shape index (κ3) is 4.00. The number of hydrogen-bond acceptors (Lipinski definition) is 6. The Morgan fingerprint density at radius 1 is 1.00 bits per heavy atom. The molecule has 0 saturated heterocycles. The van der Waals surface area contributed by atoms with E-state index in [1.165, 1.54) is 0 Å². The zero-order valence-electron chi connectivity index (χ0n) is 17.5. The molecule has 4 heterocycles. The van der Waals surface area contributed by atoms with Gasteiger partial charge in [-0.25, -0.2) is 9.97 Å². The summed E-state index contributed by atoms with van der Waals surface area (Å²) in [5.74, 6) is 1.71. The zero-order valence-corrected chi connectivity index (χ0v) is 17.5. The molecule has 1 atom stereocenters. The largest absolute Gasteiger partial charge is 0.508 e. The average molecular weight is 422 g/mol. The molecular weight excluding hydrogens is 400 g/mol. The SMILES string of the molecule is CC(CNc1cc(-c2cccnc2)nc(-c2ccccn2)n1)c1c[nH]c2ccc(O)cc12. The minimum absolute atomic E-state index is 0.181. The van der Waals surface area contributed by atoms with E-state index in [-0.39, 0.29) is 11.7 Å². The van der Waals surface area contributed by atoms with Crippen LogP contribution in [0.5, 0.6) is 5.75 Å². The van der Waals surface area contributed by atoms with E-state index in [1.54, 1.807) is 30.7 Å². The summed E-state index contributed by atoms with van der Waals surface area (Å²) in [5, 5.41) is 14.4. The molecule has 5 rings (SSSR count). The lowest BCUT2D eigenvalue weighted by Crippen LogP contribution is -2.11. The number of phenolic OH excluding ortho intramolecular Hbond substituents is 1. The molecule has 0 aliphatic rings. The highest BCUT2D eigenvalue weighted by molar-refractivity contribution is 5.85. The Bertz CT molecular complexity index is 1290. The predicted molar refractivity (Wildman–Crippen MR) is 125 cm³/mol. The van der Waals surface area contributed by atoms with Crippen molar-refractivity contribution in [3.63, 3.8) is 0 Å². The number of fused-ring (bicyclic) bond motifs is 1. The first-order chi connectivity index (χ1) is 15.7. The van der Waals surface area contributed by atoms with Gasteiger partial charge in [0, 0.05) is 59.8 Å². The summed E-state index contributed by atoms with van der Waals surface area (Å²) in [4.78, 5) is 21.3. The van der Waals surface area contributed by atoms with Crippen LogP contribution in [0.2, 0.25) is 0 Å². The van der Waals surface area contributed by atoms with Crippen LogP contribution in [0.15, 0.2) is 79.4 Å². The number of nitrogens with one attached hydrogen (secondary N) is 2. The van der Waals surface area contributed by atoms with Gasteiger partial charge in [-0.15, -0.1) is 0 Å². The maximum Gasteiger partial charge on any atom is 0.180 e. The normalized spacial score (nSPS) is 12.0. The van der Waals surface area contributed by atoms with E-state index in [0.717, 1.165) is 27.7 Å². The second-order valence-corrected chi connectivity index (χ2v) is 7.67. The molecule has 0 aliphatic heterocycles. The Morgan fingerprint density at radius 3 is 2.75 bits per heavy atom. The second-order valence-electron chi connectivity index (χ2n) is 7.67. The third-order valence-corrected chi connectivity index (χ3v) is 5.40. The number of benzene rings is 1. The summed E-state index contributed by atoms with van der Waals surface area (Å²) in [6.45, 7) is 2.80. The highest BCUT2D eigenvalue weighted by Crippen LogP contribution is 2.29. The standard InChI is InChI=1S/C25H22N6O/c1-16(20-15-28-21-8-7-18(32)11-19(20)21)13-29-24-12-23(17-5-4-9-26-14-17)30-25(31-24)22-6-2-3-10-27-22/h2-12,14-16,28,32H,13H2,1H3,(H,29,30,31). The summed E-state index contributed by atoms with van der Waals surface area (Å²) >= 11 is 0. The van der Waals surface area contributed by atoms with E-state index in [1.807, 2.05) is 48.7 Å². The number of pyridine rings is 2. The molecule has 0 bridgehead atoms. The molecule has 3 N–H and O–H groups in total. The third-order valence-electron chi connectivity index (χ3n) is 5.40. The van der Waals surface area contributed by atoms with Crippen molar-refractivity contribution >= 4 is 16.7 Å². The maximum absolute atomic E-state index is 9.88. The van der Waals surface area contributed by atoms with Gasteiger partial charge in [-0.2, -0.15) is 0 Å². The van der Waals surface area contributed by atoms with Gasteiger partial charge in [0.1, 0.15) is 17.3 Å². The van der Waals surface area contributed by atoms with Gasteiger partial charge in [-0.1, -0.05) is 13.0 Å². The van der Waals surface area contributed by atoms with Crippen LogP contribution in [0.3, 0.4) is 0 Å². The smallest absolute Gasteiger partial charge is 0.180 e. The number of phenols is 1. The van der Waals surface area contributed by atoms with Crippen LogP contribution >= 0.6 is 0 Å². The molecule has 0 fully saturated rings. The number of hydrogen-bond donors (Lipinski definition) is 3. The summed E-state index contributed by atoms with van der Waals surface area (Å²) in [7, 11) is 0. The van der Waals surface area contributed by atoms with Crippen molar-refractivity contribution < 1.29 is 5.11 Å². The van der Waals surface area contributed by atoms with Gasteiger partial charge in [0.15, 0.2) is 5.82 Å². The molecule has 0 radical (unpaired) electrons. The van der Waals surface area contributed by atoms with E-state index in [2.05, 4.69) is 27.2 Å². The molecule has 7 heteroatoms. The molecule has 7 nitrogen and oxygen atoms in total. The number of anilines is 1. The zero-order chi connectivity index (χ0) is 21.9. The van der Waals surface area contributed by atoms with Gasteiger partial charge < -0.3 is 15.4 Å². The fourth-order valence-corrected chi connectivity index (χ4v) is 3.72. The summed E-state index contributed by atoms with van der Waals surface area (Å²) < 4.78 is 0. The summed E-state index contributed by atoms with van der Waals surface area (Å²) in [5.41, 5.74) is 4.54. The lowest BCUT2D eigenvalue weighted by atomic mass is 10.0. The van der Waals surface area contributed by atoms with Crippen molar-refractivity contribution in [3.8, 4) is 28.5 Å². The molecule has 0 saturated carbocycles. The molecule has 1 aromatic carbocycles. The number of H-pyrrole nitrogens is 1. The maximum atomic E-state index is 9.88. The second kappa shape index (κ2) is 8.47. The first-order valence-electron chi connectivity index (χ1n) is 10.4. The van der Waals surface area contributed by atoms with Gasteiger partial charge in [-0.3, -0.25) is 9.97 Å². The molecular formula is C25H22N6O. The number of nitrogens with zero attached hydrogens (tertiary/aromatic N) is 4. The van der Waals surface area contributed by atoms with Gasteiger partial charge in [-0.05, 0) is 48.0 Å². The molecule has 5 aromatic rings. The van der Waals surface area contributed by atoms with Crippen molar-refractivity contribution in [2.24, 2.45) is 0 Å². The Labute approximate surface area is 185 Å². The fraction of sp³-hybridized carbons (Fsp3) is 0.120. The average Bonchev–Trinajstić information content (AvgIpc) is 3.26. The number of aromatic hydroxyl groups is 1. The number of aromatic nitrogens is 5. The number of aromatic amines is 1. The van der Waals surface area contributed by atoms with Crippen molar-refractivity contribution in [2.45, 2.75) is 12.8 Å². The van der Waals surface area contributed by atoms with Crippen LogP contribution in [0.4, 0.5) is 5.82 Å². The Morgan fingerprint density at radius 2 is 1.94 bits per heavy atom. The quantitative estimate of drug-likeness (QED) is 0.356. The summed E-state index contributed by atoms with van der Waals surface area (Å²) in [6.07, 6.45) is 7.26. The molecule has 32 heavy (non-hydrogen) atoms. The van der Waals surface area contributed by atoms with Gasteiger partial charge in [0.2, 0.25) is 0 Å². The number of rotatable bonds is 6. The minimum Gasteiger partial charge on any atom is -0.508 e. The van der Waals surface area contributed by atoms with Crippen LogP contribution in [0.1, 0.15) is 18.4 Å². The minimum atomic E-state index is 0.181. The van der Waals surface area contributed by atoms with Crippen LogP contribution in [-0.4, -0.2) is 36.6 Å². The highest BCUT2D eigenvalue weighted by atomic mass is 16.3. The van der Waals surface area contributed by atoms with Crippen molar-refractivity contribution in [2.75, 3.05) is 11.9 Å². The van der Waals surface area contributed by atoms with Crippen LogP contribution in [0, 0.1) is 0 Å². The molecule has 158 valence electrons. The highest BCUT2D eigenvalue weighted by Gasteiger charge is 2.14. The Hall–Kier alpha value is -4.26. The van der Waals surface area contributed by atoms with Crippen molar-refractivity contribution in [1.29, 1.82) is 0 Å². The molecule has 0 aliphatic carbocycles. The van der Waals surface area contributed by atoms with E-state index >= 15 is 0 Å². The topological polar surface area (TPSA) is 99.6 Å². The van der Waals surface area contributed by atoms with Gasteiger partial charge in [0.25, 0.3) is 0 Å². The molecule has 0 amide bonds. The van der Waals surface area contributed by atoms with E-state index in [0.29, 0.717) is 23.9 Å². The van der Waals surface area contributed by atoms with Gasteiger partial charge in [0.05, 0.1) is 5.69 Å². The first kappa shape index (κ1) is 19.7. The monoisotopic (exact) mass is 422 g/mol. The van der Waals surface area contributed by atoms with Crippen LogP contribution in [-0.2, 0) is 0 Å². The molecule has 1 unspecified atom stereocenters. The van der Waals surface area contributed by atoms with Gasteiger partial charge >= 0.3 is 0 Å². The van der Waals surface area contributed by atoms with E-state index in [4.69, 9.17) is 9.97 Å². The van der Waals surface area contributed by atoms with E-state index < -0.39 is 0 Å². The lowest BCUT2D eigenvalue weighted by Gasteiger charge is -2.14. The van der Waals surface area contributed by atoms with Crippen LogP contribution in [0.25, 0.3) is 33.7 Å². The Kier molecular flexibility index (Phi) is 5.21. The van der Waals surface area contributed by atoms with Crippen LogP contribution < -0.4 is 5.32 Å². The predicted octanol–water partition coefficient (Wildman–Crippen LogP) is 5.00. The molecule has 4 aromatic heterocycles. The van der Waals surface area contributed by atoms with E-state index in [9.17, 15) is 5.11 Å². The first-order valence-corrected chi connectivity index (χ1v) is 10.4. The van der Waals surface area contributed by atoms with Crippen molar-refractivity contribution in [1.82, 2.24) is 24.9 Å². The molecule has 0 spiro atoms. The Balaban J connectivity index is 1.45.